The van der Waals surface area contributed by atoms with E-state index in [2.05, 4.69) is 26.1 Å². The molecule has 2 aliphatic rings. The first-order chi connectivity index (χ1) is 8.16. The molecule has 100 valence electrons. The van der Waals surface area contributed by atoms with Crippen LogP contribution >= 0.6 is 0 Å². The Bertz CT molecular complexity index is 233. The van der Waals surface area contributed by atoms with Gasteiger partial charge in [0.05, 0.1) is 6.10 Å². The maximum atomic E-state index is 5.80. The third-order valence-corrected chi connectivity index (χ3v) is 4.84. The fraction of sp³-hybridized carbons (Fsp3) is 1.00. The van der Waals surface area contributed by atoms with E-state index in [4.69, 9.17) is 4.74 Å². The van der Waals surface area contributed by atoms with Crippen LogP contribution in [0.5, 0.6) is 0 Å². The van der Waals surface area contributed by atoms with Crippen LogP contribution in [0.15, 0.2) is 0 Å². The molecule has 2 unspecified atom stereocenters. The lowest BCUT2D eigenvalue weighted by Crippen LogP contribution is -2.42. The highest BCUT2D eigenvalue weighted by Crippen LogP contribution is 2.51. The number of hydrogen-bond acceptors (Lipinski definition) is 2. The molecule has 1 heterocycles. The number of nitrogens with one attached hydrogen (secondary N) is 1. The van der Waals surface area contributed by atoms with E-state index in [9.17, 15) is 0 Å². The van der Waals surface area contributed by atoms with Crippen LogP contribution in [-0.2, 0) is 4.74 Å². The molecule has 0 aromatic carbocycles. The lowest BCUT2D eigenvalue weighted by Gasteiger charge is -2.32. The first kappa shape index (κ1) is 13.4. The van der Waals surface area contributed by atoms with Crippen molar-refractivity contribution in [3.8, 4) is 0 Å². The molecule has 1 aliphatic heterocycles. The molecule has 2 atom stereocenters. The lowest BCUT2D eigenvalue weighted by molar-refractivity contribution is -0.00425. The summed E-state index contributed by atoms with van der Waals surface area (Å²) < 4.78 is 5.80. The summed E-state index contributed by atoms with van der Waals surface area (Å²) in [5.74, 6) is 0.835. The van der Waals surface area contributed by atoms with Crippen molar-refractivity contribution in [1.29, 1.82) is 0 Å². The molecule has 0 radical (unpaired) electrons. The summed E-state index contributed by atoms with van der Waals surface area (Å²) >= 11 is 0. The first-order valence-electron chi connectivity index (χ1n) is 7.51. The average Bonchev–Trinajstić information content (AvgIpc) is 3.08. The van der Waals surface area contributed by atoms with E-state index in [1.807, 2.05) is 0 Å². The average molecular weight is 239 g/mol. The van der Waals surface area contributed by atoms with Gasteiger partial charge in [-0.25, -0.2) is 0 Å². The van der Waals surface area contributed by atoms with E-state index in [1.54, 1.807) is 0 Å². The molecule has 2 heteroatoms. The predicted molar refractivity (Wildman–Crippen MR) is 72.2 cm³/mol. The van der Waals surface area contributed by atoms with Crippen LogP contribution in [0.1, 0.15) is 59.3 Å². The summed E-state index contributed by atoms with van der Waals surface area (Å²) in [4.78, 5) is 0. The van der Waals surface area contributed by atoms with Gasteiger partial charge in [0.15, 0.2) is 0 Å². The Morgan fingerprint density at radius 3 is 2.71 bits per heavy atom. The third kappa shape index (κ3) is 3.45. The molecule has 1 aliphatic carbocycles. The topological polar surface area (TPSA) is 21.3 Å². The quantitative estimate of drug-likeness (QED) is 0.767. The fourth-order valence-corrected chi connectivity index (χ4v) is 3.06. The minimum absolute atomic E-state index is 0.514. The van der Waals surface area contributed by atoms with Crippen molar-refractivity contribution in [2.45, 2.75) is 71.4 Å². The van der Waals surface area contributed by atoms with Crippen LogP contribution in [0.25, 0.3) is 0 Å². The van der Waals surface area contributed by atoms with Gasteiger partial charge in [-0.2, -0.15) is 0 Å². The van der Waals surface area contributed by atoms with Gasteiger partial charge in [0.1, 0.15) is 0 Å². The van der Waals surface area contributed by atoms with Gasteiger partial charge in [-0.05, 0) is 43.4 Å². The molecule has 0 spiro atoms. The molecule has 0 aromatic rings. The van der Waals surface area contributed by atoms with Crippen LogP contribution in [0, 0.1) is 11.3 Å². The normalized spacial score (nSPS) is 31.8. The zero-order chi connectivity index (χ0) is 12.3. The molecular formula is C15H29NO. The van der Waals surface area contributed by atoms with E-state index in [-0.39, 0.29) is 0 Å². The van der Waals surface area contributed by atoms with E-state index in [0.717, 1.165) is 12.5 Å². The maximum Gasteiger partial charge on any atom is 0.0589 e. The zero-order valence-corrected chi connectivity index (χ0v) is 11.8. The number of rotatable bonds is 6. The molecule has 2 nitrogen and oxygen atoms in total. The van der Waals surface area contributed by atoms with Crippen LogP contribution in [0.4, 0.5) is 0 Å². The summed E-state index contributed by atoms with van der Waals surface area (Å²) in [5, 5.41) is 3.81. The standard InChI is InChI=1S/C15H29NO/c1-4-5-14-10-13(6-9-17-14)16-11-15(7-8-15)12(2)3/h12-14,16H,4-11H2,1-3H3. The summed E-state index contributed by atoms with van der Waals surface area (Å²) in [6.07, 6.45) is 8.27. The highest BCUT2D eigenvalue weighted by atomic mass is 16.5. The smallest absolute Gasteiger partial charge is 0.0589 e. The van der Waals surface area contributed by atoms with Crippen LogP contribution in [-0.4, -0.2) is 25.3 Å². The SMILES string of the molecule is CCCC1CC(NCC2(C(C)C)CC2)CCO1. The Hall–Kier alpha value is -0.0800. The molecular weight excluding hydrogens is 210 g/mol. The highest BCUT2D eigenvalue weighted by Gasteiger charge is 2.45. The van der Waals surface area contributed by atoms with Crippen molar-refractivity contribution < 1.29 is 4.74 Å². The summed E-state index contributed by atoms with van der Waals surface area (Å²) in [6, 6.07) is 0.705. The second-order valence-corrected chi connectivity index (χ2v) is 6.40. The first-order valence-corrected chi connectivity index (χ1v) is 7.51. The monoisotopic (exact) mass is 239 g/mol. The fourth-order valence-electron chi connectivity index (χ4n) is 3.06. The Morgan fingerprint density at radius 1 is 1.35 bits per heavy atom. The summed E-state index contributed by atoms with van der Waals surface area (Å²) in [7, 11) is 0. The molecule has 0 amide bonds. The molecule has 2 fully saturated rings. The van der Waals surface area contributed by atoms with E-state index in [1.165, 1.54) is 45.1 Å². The van der Waals surface area contributed by atoms with Crippen molar-refractivity contribution >= 4 is 0 Å². The number of hydrogen-bond donors (Lipinski definition) is 1. The van der Waals surface area contributed by atoms with Crippen molar-refractivity contribution in [2.24, 2.45) is 11.3 Å². The lowest BCUT2D eigenvalue weighted by atomic mass is 9.91. The van der Waals surface area contributed by atoms with Gasteiger partial charge in [0, 0.05) is 19.2 Å². The summed E-state index contributed by atoms with van der Waals surface area (Å²) in [6.45, 7) is 9.18. The van der Waals surface area contributed by atoms with Crippen LogP contribution in [0.3, 0.4) is 0 Å². The second kappa shape index (κ2) is 5.71. The second-order valence-electron chi connectivity index (χ2n) is 6.40. The van der Waals surface area contributed by atoms with Crippen LogP contribution in [0.2, 0.25) is 0 Å². The highest BCUT2D eigenvalue weighted by molar-refractivity contribution is 4.98. The van der Waals surface area contributed by atoms with Crippen molar-refractivity contribution in [2.75, 3.05) is 13.2 Å². The van der Waals surface area contributed by atoms with E-state index >= 15 is 0 Å². The molecule has 17 heavy (non-hydrogen) atoms. The molecule has 1 saturated carbocycles. The maximum absolute atomic E-state index is 5.80. The van der Waals surface area contributed by atoms with Gasteiger partial charge >= 0.3 is 0 Å². The van der Waals surface area contributed by atoms with Crippen molar-refractivity contribution in [1.82, 2.24) is 5.32 Å². The Labute approximate surface area is 107 Å². The van der Waals surface area contributed by atoms with Gasteiger partial charge < -0.3 is 10.1 Å². The molecule has 0 bridgehead atoms. The van der Waals surface area contributed by atoms with Gasteiger partial charge in [-0.3, -0.25) is 0 Å². The van der Waals surface area contributed by atoms with E-state index < -0.39 is 0 Å². The largest absolute Gasteiger partial charge is 0.378 e. The van der Waals surface area contributed by atoms with Gasteiger partial charge in [-0.1, -0.05) is 27.2 Å². The predicted octanol–water partition coefficient (Wildman–Crippen LogP) is 3.36. The van der Waals surface area contributed by atoms with Crippen LogP contribution < -0.4 is 5.32 Å². The third-order valence-electron chi connectivity index (χ3n) is 4.84. The molecule has 0 aromatic heterocycles. The zero-order valence-electron chi connectivity index (χ0n) is 11.8. The number of ether oxygens (including phenoxy) is 1. The summed E-state index contributed by atoms with van der Waals surface area (Å²) in [5.41, 5.74) is 0.637. The van der Waals surface area contributed by atoms with Gasteiger partial charge in [0.2, 0.25) is 0 Å². The minimum Gasteiger partial charge on any atom is -0.378 e. The molecule has 2 rings (SSSR count). The van der Waals surface area contributed by atoms with Crippen molar-refractivity contribution in [3.05, 3.63) is 0 Å². The molecule has 1 saturated heterocycles. The van der Waals surface area contributed by atoms with E-state index in [0.29, 0.717) is 17.6 Å². The Morgan fingerprint density at radius 2 is 2.12 bits per heavy atom. The Balaban J connectivity index is 1.72. The van der Waals surface area contributed by atoms with Crippen molar-refractivity contribution in [3.63, 3.8) is 0 Å². The molecule has 1 N–H and O–H groups in total. The van der Waals surface area contributed by atoms with Gasteiger partial charge in [0.25, 0.3) is 0 Å². The Kier molecular flexibility index (Phi) is 4.48. The van der Waals surface area contributed by atoms with Gasteiger partial charge in [-0.15, -0.1) is 0 Å². The minimum atomic E-state index is 0.514.